The first-order valence-corrected chi connectivity index (χ1v) is 5.19. The molecule has 0 spiro atoms. The normalized spacial score (nSPS) is 11.7. The number of nitrogens with zero attached hydrogens (tertiary/aromatic N) is 1. The van der Waals surface area contributed by atoms with Crippen molar-refractivity contribution in [3.8, 4) is 6.07 Å². The number of hydrogen-bond acceptors (Lipinski definition) is 4. The number of H-pyrrole nitrogens is 1. The lowest BCUT2D eigenvalue weighted by molar-refractivity contribution is 0.0428. The summed E-state index contributed by atoms with van der Waals surface area (Å²) in [5.41, 5.74) is 1.92. The molecule has 0 aromatic carbocycles. The van der Waals surface area contributed by atoms with Crippen LogP contribution in [-0.2, 0) is 4.74 Å². The van der Waals surface area contributed by atoms with Crippen LogP contribution in [-0.4, -0.2) is 22.8 Å². The largest absolute Gasteiger partial charge is 0.443 e. The third-order valence-electron chi connectivity index (χ3n) is 2.46. The number of carbonyl (C=O) groups is 2. The number of ketones is 1. The number of aryl methyl sites for hydroxylation is 1. The Hall–Kier alpha value is -2.09. The SMILES string of the molecule is CC(=O)c1c(C)[nH]c(C(=O)O[C@H](C)C#N)c1C. The molecule has 1 heterocycles. The second-order valence-electron chi connectivity index (χ2n) is 3.86. The van der Waals surface area contributed by atoms with Crippen molar-refractivity contribution in [2.45, 2.75) is 33.8 Å². The van der Waals surface area contributed by atoms with Crippen LogP contribution < -0.4 is 0 Å². The monoisotopic (exact) mass is 234 g/mol. The van der Waals surface area contributed by atoms with Crippen LogP contribution in [0.15, 0.2) is 0 Å². The first kappa shape index (κ1) is 13.0. The second kappa shape index (κ2) is 4.83. The molecule has 0 saturated heterocycles. The van der Waals surface area contributed by atoms with Gasteiger partial charge < -0.3 is 9.72 Å². The zero-order chi connectivity index (χ0) is 13.2. The number of Topliss-reactive ketones (excluding diaryl/α,β-unsaturated/α-hetero) is 1. The summed E-state index contributed by atoms with van der Waals surface area (Å²) in [4.78, 5) is 25.9. The van der Waals surface area contributed by atoms with Crippen molar-refractivity contribution in [3.63, 3.8) is 0 Å². The Morgan fingerprint density at radius 2 is 2.00 bits per heavy atom. The first-order chi connectivity index (χ1) is 7.88. The predicted octanol–water partition coefficient (Wildman–Crippen LogP) is 1.90. The average Bonchev–Trinajstić information content (AvgIpc) is 2.53. The van der Waals surface area contributed by atoms with Gasteiger partial charge in [-0.05, 0) is 33.3 Å². The van der Waals surface area contributed by atoms with Gasteiger partial charge in [0.25, 0.3) is 0 Å². The minimum absolute atomic E-state index is 0.108. The van der Waals surface area contributed by atoms with Crippen molar-refractivity contribution >= 4 is 11.8 Å². The molecule has 1 rings (SSSR count). The maximum atomic E-state index is 11.7. The lowest BCUT2D eigenvalue weighted by Crippen LogP contribution is -2.14. The van der Waals surface area contributed by atoms with E-state index in [4.69, 9.17) is 10.00 Å². The van der Waals surface area contributed by atoms with Gasteiger partial charge >= 0.3 is 5.97 Å². The van der Waals surface area contributed by atoms with Crippen LogP contribution in [0.3, 0.4) is 0 Å². The van der Waals surface area contributed by atoms with Crippen molar-refractivity contribution in [2.75, 3.05) is 0 Å². The highest BCUT2D eigenvalue weighted by molar-refractivity contribution is 6.01. The van der Waals surface area contributed by atoms with E-state index in [2.05, 4.69) is 4.98 Å². The van der Waals surface area contributed by atoms with E-state index < -0.39 is 12.1 Å². The van der Waals surface area contributed by atoms with E-state index in [0.29, 0.717) is 16.8 Å². The van der Waals surface area contributed by atoms with Gasteiger partial charge in [0.2, 0.25) is 0 Å². The Bertz CT molecular complexity index is 509. The average molecular weight is 234 g/mol. The lowest BCUT2D eigenvalue weighted by Gasteiger charge is -2.05. The number of esters is 1. The molecule has 0 aliphatic rings. The zero-order valence-electron chi connectivity index (χ0n) is 10.2. The highest BCUT2D eigenvalue weighted by Gasteiger charge is 2.21. The highest BCUT2D eigenvalue weighted by Crippen LogP contribution is 2.19. The van der Waals surface area contributed by atoms with Crippen LogP contribution in [0.4, 0.5) is 0 Å². The maximum Gasteiger partial charge on any atom is 0.356 e. The molecule has 0 saturated carbocycles. The summed E-state index contributed by atoms with van der Waals surface area (Å²) in [6.45, 7) is 6.31. The molecule has 17 heavy (non-hydrogen) atoms. The summed E-state index contributed by atoms with van der Waals surface area (Å²) in [5, 5.41) is 8.56. The quantitative estimate of drug-likeness (QED) is 0.639. The fraction of sp³-hybridized carbons (Fsp3) is 0.417. The fourth-order valence-electron chi connectivity index (χ4n) is 1.73. The standard InChI is InChI=1S/C12H14N2O3/c1-6(5-13)17-12(16)11-7(2)10(9(4)15)8(3)14-11/h6,14H,1-4H3/t6-/m1/s1. The molecule has 1 aromatic heterocycles. The van der Waals surface area contributed by atoms with Crippen molar-refractivity contribution < 1.29 is 14.3 Å². The number of nitriles is 1. The summed E-state index contributed by atoms with van der Waals surface area (Å²) < 4.78 is 4.87. The second-order valence-corrected chi connectivity index (χ2v) is 3.86. The van der Waals surface area contributed by atoms with Crippen molar-refractivity contribution in [3.05, 3.63) is 22.5 Å². The highest BCUT2D eigenvalue weighted by atomic mass is 16.5. The van der Waals surface area contributed by atoms with Gasteiger partial charge in [0.1, 0.15) is 11.8 Å². The van der Waals surface area contributed by atoms with E-state index in [0.717, 1.165) is 0 Å². The molecule has 5 nitrogen and oxygen atoms in total. The number of rotatable bonds is 3. The van der Waals surface area contributed by atoms with Crippen LogP contribution in [0.2, 0.25) is 0 Å². The van der Waals surface area contributed by atoms with E-state index in [1.165, 1.54) is 13.8 Å². The molecule has 0 aliphatic carbocycles. The Kier molecular flexibility index (Phi) is 3.69. The molecule has 0 unspecified atom stereocenters. The third kappa shape index (κ3) is 2.53. The number of aromatic amines is 1. The van der Waals surface area contributed by atoms with Gasteiger partial charge in [0, 0.05) is 11.3 Å². The Balaban J connectivity index is 3.09. The Morgan fingerprint density at radius 1 is 1.41 bits per heavy atom. The molecule has 90 valence electrons. The van der Waals surface area contributed by atoms with E-state index in [-0.39, 0.29) is 11.5 Å². The van der Waals surface area contributed by atoms with Crippen molar-refractivity contribution in [2.24, 2.45) is 0 Å². The third-order valence-corrected chi connectivity index (χ3v) is 2.46. The molecule has 1 aromatic rings. The van der Waals surface area contributed by atoms with Crippen LogP contribution in [0, 0.1) is 25.2 Å². The molecule has 0 amide bonds. The lowest BCUT2D eigenvalue weighted by atomic mass is 10.1. The van der Waals surface area contributed by atoms with Crippen LogP contribution in [0.25, 0.3) is 0 Å². The van der Waals surface area contributed by atoms with E-state index in [9.17, 15) is 9.59 Å². The number of hydrogen-bond donors (Lipinski definition) is 1. The summed E-state index contributed by atoms with van der Waals surface area (Å²) in [7, 11) is 0. The van der Waals surface area contributed by atoms with Gasteiger partial charge in [-0.25, -0.2) is 4.79 Å². The van der Waals surface area contributed by atoms with E-state index in [1.807, 2.05) is 0 Å². The summed E-state index contributed by atoms with van der Waals surface area (Å²) in [6.07, 6.45) is -0.814. The molecule has 5 heteroatoms. The number of ether oxygens (including phenoxy) is 1. The smallest absolute Gasteiger partial charge is 0.356 e. The Labute approximate surface area is 99.4 Å². The van der Waals surface area contributed by atoms with E-state index in [1.54, 1.807) is 19.9 Å². The zero-order valence-corrected chi connectivity index (χ0v) is 10.2. The van der Waals surface area contributed by atoms with Crippen LogP contribution in [0.1, 0.15) is 46.0 Å². The summed E-state index contributed by atoms with van der Waals surface area (Å²) in [5.74, 6) is -0.726. The molecule has 1 atom stereocenters. The number of nitrogens with one attached hydrogen (secondary N) is 1. The van der Waals surface area contributed by atoms with E-state index >= 15 is 0 Å². The van der Waals surface area contributed by atoms with Gasteiger partial charge in [0.15, 0.2) is 11.9 Å². The molecule has 0 fully saturated rings. The molecule has 0 bridgehead atoms. The molecule has 0 aliphatic heterocycles. The maximum absolute atomic E-state index is 11.7. The van der Waals surface area contributed by atoms with Crippen LogP contribution >= 0.6 is 0 Å². The predicted molar refractivity (Wildman–Crippen MR) is 60.8 cm³/mol. The summed E-state index contributed by atoms with van der Waals surface area (Å²) in [6, 6.07) is 1.81. The molecule has 0 radical (unpaired) electrons. The van der Waals surface area contributed by atoms with Gasteiger partial charge in [-0.15, -0.1) is 0 Å². The first-order valence-electron chi connectivity index (χ1n) is 5.19. The van der Waals surface area contributed by atoms with Crippen LogP contribution in [0.5, 0.6) is 0 Å². The number of carbonyl (C=O) groups excluding carboxylic acids is 2. The van der Waals surface area contributed by atoms with Gasteiger partial charge in [-0.2, -0.15) is 5.26 Å². The minimum Gasteiger partial charge on any atom is -0.443 e. The van der Waals surface area contributed by atoms with Gasteiger partial charge in [-0.1, -0.05) is 0 Å². The summed E-state index contributed by atoms with van der Waals surface area (Å²) >= 11 is 0. The fourth-order valence-corrected chi connectivity index (χ4v) is 1.73. The molecular formula is C12H14N2O3. The van der Waals surface area contributed by atoms with Crippen molar-refractivity contribution in [1.29, 1.82) is 5.26 Å². The van der Waals surface area contributed by atoms with Gasteiger partial charge in [0.05, 0.1) is 0 Å². The Morgan fingerprint density at radius 3 is 2.41 bits per heavy atom. The number of aromatic nitrogens is 1. The topological polar surface area (TPSA) is 82.9 Å². The minimum atomic E-state index is -0.814. The molecular weight excluding hydrogens is 220 g/mol. The van der Waals surface area contributed by atoms with Crippen molar-refractivity contribution in [1.82, 2.24) is 4.98 Å². The molecule has 1 N–H and O–H groups in total. The van der Waals surface area contributed by atoms with Gasteiger partial charge in [-0.3, -0.25) is 4.79 Å².